The monoisotopic (exact) mass is 360 g/mol. The zero-order chi connectivity index (χ0) is 18.7. The molecule has 0 bridgehead atoms. The van der Waals surface area contributed by atoms with Crippen molar-refractivity contribution in [3.63, 3.8) is 0 Å². The van der Waals surface area contributed by atoms with Gasteiger partial charge in [0.05, 0.1) is 19.5 Å². The molecule has 4 rings (SSSR count). The fourth-order valence-corrected chi connectivity index (χ4v) is 7.25. The standard InChI is InChI=1S/C23H33FO2/c1-14-11-16-17-5-6-19(21(24)13-25)22(17,2)10-8-18(16)23(3)9-7-15(26-4)12-20(14)23/h12,16-18,25H,5-11,13H2,1-4H3. The van der Waals surface area contributed by atoms with E-state index in [1.54, 1.807) is 7.11 Å². The van der Waals surface area contributed by atoms with E-state index in [9.17, 15) is 9.50 Å². The molecule has 1 N–H and O–H groups in total. The van der Waals surface area contributed by atoms with Crippen LogP contribution < -0.4 is 0 Å². The first kappa shape index (κ1) is 18.3. The lowest BCUT2D eigenvalue weighted by molar-refractivity contribution is -0.0120. The van der Waals surface area contributed by atoms with E-state index in [4.69, 9.17) is 4.74 Å². The molecule has 144 valence electrons. The van der Waals surface area contributed by atoms with Gasteiger partial charge in [0.1, 0.15) is 5.83 Å². The Hall–Kier alpha value is -1.09. The molecule has 0 aromatic carbocycles. The Morgan fingerprint density at radius 3 is 2.62 bits per heavy atom. The Balaban J connectivity index is 1.74. The fraction of sp³-hybridized carbons (Fsp3) is 0.739. The van der Waals surface area contributed by atoms with Crippen LogP contribution in [0.1, 0.15) is 65.7 Å². The molecule has 0 aliphatic heterocycles. The van der Waals surface area contributed by atoms with Crippen molar-refractivity contribution in [2.24, 2.45) is 28.6 Å². The van der Waals surface area contributed by atoms with Gasteiger partial charge < -0.3 is 9.84 Å². The summed E-state index contributed by atoms with van der Waals surface area (Å²) in [4.78, 5) is 0. The zero-order valence-corrected chi connectivity index (χ0v) is 16.7. The van der Waals surface area contributed by atoms with Crippen molar-refractivity contribution >= 4 is 0 Å². The summed E-state index contributed by atoms with van der Waals surface area (Å²) < 4.78 is 19.9. The van der Waals surface area contributed by atoms with E-state index in [2.05, 4.69) is 26.8 Å². The molecule has 0 amide bonds. The minimum atomic E-state index is -0.433. The predicted molar refractivity (Wildman–Crippen MR) is 102 cm³/mol. The van der Waals surface area contributed by atoms with Crippen molar-refractivity contribution in [1.29, 1.82) is 0 Å². The third-order valence-corrected chi connectivity index (χ3v) is 8.58. The Bertz CT molecular complexity index is 703. The van der Waals surface area contributed by atoms with Crippen LogP contribution in [-0.2, 0) is 4.74 Å². The van der Waals surface area contributed by atoms with Gasteiger partial charge in [-0.15, -0.1) is 0 Å². The largest absolute Gasteiger partial charge is 0.501 e. The molecule has 0 aromatic rings. The lowest BCUT2D eigenvalue weighted by atomic mass is 9.47. The molecule has 3 heteroatoms. The van der Waals surface area contributed by atoms with Crippen LogP contribution in [0.2, 0.25) is 0 Å². The number of aliphatic hydroxyl groups is 1. The van der Waals surface area contributed by atoms with E-state index in [0.29, 0.717) is 17.8 Å². The molecule has 2 nitrogen and oxygen atoms in total. The summed E-state index contributed by atoms with van der Waals surface area (Å²) in [6.07, 6.45) is 9.78. The van der Waals surface area contributed by atoms with Crippen LogP contribution in [0.4, 0.5) is 4.39 Å². The van der Waals surface area contributed by atoms with Crippen LogP contribution in [0.3, 0.4) is 0 Å². The molecule has 5 atom stereocenters. The summed E-state index contributed by atoms with van der Waals surface area (Å²) in [7, 11) is 1.78. The van der Waals surface area contributed by atoms with Crippen LogP contribution in [-0.4, -0.2) is 18.8 Å². The van der Waals surface area contributed by atoms with Crippen LogP contribution in [0.25, 0.3) is 0 Å². The molecule has 26 heavy (non-hydrogen) atoms. The van der Waals surface area contributed by atoms with Crippen molar-refractivity contribution in [2.45, 2.75) is 65.7 Å². The quantitative estimate of drug-likeness (QED) is 0.685. The molecular weight excluding hydrogens is 327 g/mol. The molecule has 0 spiro atoms. The highest BCUT2D eigenvalue weighted by molar-refractivity contribution is 5.40. The van der Waals surface area contributed by atoms with Crippen molar-refractivity contribution in [3.05, 3.63) is 34.4 Å². The Kier molecular flexibility index (Phi) is 4.38. The summed E-state index contributed by atoms with van der Waals surface area (Å²) in [5.41, 5.74) is 4.13. The second kappa shape index (κ2) is 6.22. The van der Waals surface area contributed by atoms with Crippen molar-refractivity contribution in [1.82, 2.24) is 0 Å². The maximum absolute atomic E-state index is 14.4. The van der Waals surface area contributed by atoms with E-state index < -0.39 is 6.61 Å². The van der Waals surface area contributed by atoms with Crippen molar-refractivity contribution in [2.75, 3.05) is 13.7 Å². The fourth-order valence-electron chi connectivity index (χ4n) is 7.25. The Morgan fingerprint density at radius 2 is 1.92 bits per heavy atom. The van der Waals surface area contributed by atoms with E-state index in [1.807, 2.05) is 0 Å². The SMILES string of the molecule is COC1=CC2=C(C)CC3C(CCC4(C)C(=C(F)CO)CCC34)C2(C)CC1. The van der Waals surface area contributed by atoms with Gasteiger partial charge in [-0.05, 0) is 91.3 Å². The maximum atomic E-state index is 14.4. The summed E-state index contributed by atoms with van der Waals surface area (Å²) >= 11 is 0. The van der Waals surface area contributed by atoms with Gasteiger partial charge >= 0.3 is 0 Å². The molecule has 2 fully saturated rings. The topological polar surface area (TPSA) is 29.5 Å². The predicted octanol–water partition coefficient (Wildman–Crippen LogP) is 5.70. The van der Waals surface area contributed by atoms with Gasteiger partial charge in [0.25, 0.3) is 0 Å². The Labute approximate surface area is 157 Å². The van der Waals surface area contributed by atoms with Gasteiger partial charge in [0.2, 0.25) is 0 Å². The number of hydrogen-bond acceptors (Lipinski definition) is 2. The third kappa shape index (κ3) is 2.38. The van der Waals surface area contributed by atoms with Crippen LogP contribution >= 0.6 is 0 Å². The highest BCUT2D eigenvalue weighted by atomic mass is 19.1. The van der Waals surface area contributed by atoms with Crippen LogP contribution in [0, 0.1) is 28.6 Å². The van der Waals surface area contributed by atoms with Gasteiger partial charge in [-0.1, -0.05) is 19.4 Å². The number of aliphatic hydroxyl groups excluding tert-OH is 1. The average molecular weight is 361 g/mol. The van der Waals surface area contributed by atoms with Gasteiger partial charge in [-0.2, -0.15) is 0 Å². The average Bonchev–Trinajstić information content (AvgIpc) is 2.98. The summed E-state index contributed by atoms with van der Waals surface area (Å²) in [5, 5.41) is 9.36. The second-order valence-electron chi connectivity index (χ2n) is 9.54. The molecule has 4 aliphatic carbocycles. The van der Waals surface area contributed by atoms with E-state index in [-0.39, 0.29) is 16.7 Å². The maximum Gasteiger partial charge on any atom is 0.125 e. The Morgan fingerprint density at radius 1 is 1.19 bits per heavy atom. The minimum absolute atomic E-state index is 0.0513. The molecule has 0 radical (unpaired) electrons. The third-order valence-electron chi connectivity index (χ3n) is 8.58. The lowest BCUT2D eigenvalue weighted by Crippen LogP contribution is -2.49. The highest BCUT2D eigenvalue weighted by Crippen LogP contribution is 2.67. The molecule has 0 saturated heterocycles. The van der Waals surface area contributed by atoms with E-state index >= 15 is 0 Å². The second-order valence-corrected chi connectivity index (χ2v) is 9.54. The highest BCUT2D eigenvalue weighted by Gasteiger charge is 2.58. The summed E-state index contributed by atoms with van der Waals surface area (Å²) in [6.45, 7) is 6.60. The summed E-state index contributed by atoms with van der Waals surface area (Å²) in [5.74, 6) is 2.74. The molecule has 5 unspecified atom stereocenters. The molecule has 0 aromatic heterocycles. The number of hydrogen-bond donors (Lipinski definition) is 1. The van der Waals surface area contributed by atoms with Crippen molar-refractivity contribution < 1.29 is 14.2 Å². The van der Waals surface area contributed by atoms with E-state index in [0.717, 1.165) is 49.9 Å². The normalized spacial score (nSPS) is 44.1. The summed E-state index contributed by atoms with van der Waals surface area (Å²) in [6, 6.07) is 0. The number of fused-ring (bicyclic) bond motifs is 5. The number of allylic oxidation sites excluding steroid dienone is 5. The molecule has 0 heterocycles. The van der Waals surface area contributed by atoms with Crippen molar-refractivity contribution in [3.8, 4) is 0 Å². The van der Waals surface area contributed by atoms with Gasteiger partial charge in [0.15, 0.2) is 0 Å². The number of rotatable bonds is 2. The van der Waals surface area contributed by atoms with E-state index in [1.165, 1.54) is 17.6 Å². The van der Waals surface area contributed by atoms with Gasteiger partial charge in [-0.3, -0.25) is 0 Å². The first-order chi connectivity index (χ1) is 12.3. The number of halogens is 1. The lowest BCUT2D eigenvalue weighted by Gasteiger charge is -2.57. The number of methoxy groups -OCH3 is 1. The molecule has 4 aliphatic rings. The zero-order valence-electron chi connectivity index (χ0n) is 16.7. The minimum Gasteiger partial charge on any atom is -0.501 e. The van der Waals surface area contributed by atoms with Crippen LogP contribution in [0.5, 0.6) is 0 Å². The molecular formula is C23H33FO2. The smallest absolute Gasteiger partial charge is 0.125 e. The van der Waals surface area contributed by atoms with Gasteiger partial charge in [0, 0.05) is 6.42 Å². The van der Waals surface area contributed by atoms with Gasteiger partial charge in [-0.25, -0.2) is 4.39 Å². The first-order valence-corrected chi connectivity index (χ1v) is 10.3. The number of ether oxygens (including phenoxy) is 1. The first-order valence-electron chi connectivity index (χ1n) is 10.3. The van der Waals surface area contributed by atoms with Crippen LogP contribution in [0.15, 0.2) is 34.4 Å². The molecule has 2 saturated carbocycles.